The number of aliphatic imine (C=N–C) groups is 1. The predicted molar refractivity (Wildman–Crippen MR) is 155 cm³/mol. The number of amidine groups is 1. The fourth-order valence-electron chi connectivity index (χ4n) is 5.66. The van der Waals surface area contributed by atoms with Crippen molar-refractivity contribution < 1.29 is 13.6 Å². The van der Waals surface area contributed by atoms with Crippen LogP contribution in [0.5, 0.6) is 0 Å². The van der Waals surface area contributed by atoms with E-state index in [1.165, 1.54) is 23.9 Å². The number of aromatic nitrogens is 1. The Bertz CT molecular complexity index is 1620. The van der Waals surface area contributed by atoms with Crippen molar-refractivity contribution in [2.24, 2.45) is 4.99 Å². The van der Waals surface area contributed by atoms with Gasteiger partial charge in [-0.1, -0.05) is 61.7 Å². The number of hydrogen-bond acceptors (Lipinski definition) is 3. The van der Waals surface area contributed by atoms with Gasteiger partial charge in [-0.2, -0.15) is 0 Å². The molecule has 1 saturated carbocycles. The number of para-hydroxylation sites is 2. The molecule has 2 fully saturated rings. The minimum atomic E-state index is -0.407. The van der Waals surface area contributed by atoms with Gasteiger partial charge in [0.2, 0.25) is 0 Å². The van der Waals surface area contributed by atoms with Crippen molar-refractivity contribution >= 4 is 45.5 Å². The molecular formula is C32H29F2N3OS. The first-order chi connectivity index (χ1) is 19.0. The summed E-state index contributed by atoms with van der Waals surface area (Å²) in [4.78, 5) is 20.9. The van der Waals surface area contributed by atoms with Gasteiger partial charge in [-0.15, -0.1) is 0 Å². The Morgan fingerprint density at radius 3 is 2.54 bits per heavy atom. The van der Waals surface area contributed by atoms with Crippen molar-refractivity contribution in [3.63, 3.8) is 0 Å². The maximum atomic E-state index is 14.5. The van der Waals surface area contributed by atoms with Crippen LogP contribution in [0.2, 0.25) is 0 Å². The summed E-state index contributed by atoms with van der Waals surface area (Å²) in [7, 11) is 0. The Morgan fingerprint density at radius 2 is 1.74 bits per heavy atom. The molecule has 1 aliphatic heterocycles. The third-order valence-corrected chi connectivity index (χ3v) is 8.61. The molecule has 4 aromatic rings. The van der Waals surface area contributed by atoms with Gasteiger partial charge in [0.15, 0.2) is 5.17 Å². The molecule has 1 aromatic heterocycles. The van der Waals surface area contributed by atoms with Gasteiger partial charge in [-0.25, -0.2) is 13.8 Å². The van der Waals surface area contributed by atoms with Crippen molar-refractivity contribution in [2.45, 2.75) is 51.6 Å². The molecule has 0 unspecified atom stereocenters. The molecule has 7 heteroatoms. The maximum absolute atomic E-state index is 14.5. The Kier molecular flexibility index (Phi) is 7.09. The van der Waals surface area contributed by atoms with E-state index < -0.39 is 5.82 Å². The summed E-state index contributed by atoms with van der Waals surface area (Å²) in [6, 6.07) is 21.2. The molecule has 1 amide bonds. The van der Waals surface area contributed by atoms with Crippen molar-refractivity contribution in [1.82, 2.24) is 9.47 Å². The van der Waals surface area contributed by atoms with Gasteiger partial charge in [0.1, 0.15) is 17.3 Å². The molecule has 6 rings (SSSR count). The Morgan fingerprint density at radius 1 is 0.974 bits per heavy atom. The van der Waals surface area contributed by atoms with Gasteiger partial charge in [0.05, 0.1) is 4.91 Å². The van der Waals surface area contributed by atoms with E-state index in [9.17, 15) is 13.6 Å². The first-order valence-electron chi connectivity index (χ1n) is 13.4. The monoisotopic (exact) mass is 541 g/mol. The molecule has 1 saturated heterocycles. The van der Waals surface area contributed by atoms with Crippen molar-refractivity contribution in [3.05, 3.63) is 106 Å². The maximum Gasteiger partial charge on any atom is 0.267 e. The second kappa shape index (κ2) is 10.8. The fourth-order valence-corrected chi connectivity index (χ4v) is 6.70. The zero-order chi connectivity index (χ0) is 26.9. The summed E-state index contributed by atoms with van der Waals surface area (Å²) in [6.45, 7) is 2.55. The third-order valence-electron chi connectivity index (χ3n) is 7.63. The second-order valence-corrected chi connectivity index (χ2v) is 11.2. The highest BCUT2D eigenvalue weighted by Gasteiger charge is 2.39. The average molecular weight is 542 g/mol. The summed E-state index contributed by atoms with van der Waals surface area (Å²) < 4.78 is 30.6. The van der Waals surface area contributed by atoms with E-state index in [4.69, 9.17) is 0 Å². The van der Waals surface area contributed by atoms with Gasteiger partial charge in [-0.3, -0.25) is 9.69 Å². The van der Waals surface area contributed by atoms with E-state index >= 15 is 0 Å². The highest BCUT2D eigenvalue weighted by Crippen LogP contribution is 2.40. The van der Waals surface area contributed by atoms with Crippen LogP contribution in [0.1, 0.15) is 48.9 Å². The topological polar surface area (TPSA) is 37.6 Å². The van der Waals surface area contributed by atoms with Crippen LogP contribution in [-0.4, -0.2) is 26.6 Å². The molecule has 3 aromatic carbocycles. The van der Waals surface area contributed by atoms with Crippen molar-refractivity contribution in [3.8, 4) is 0 Å². The van der Waals surface area contributed by atoms with Crippen LogP contribution in [0.4, 0.5) is 14.5 Å². The van der Waals surface area contributed by atoms with E-state index in [0.717, 1.165) is 59.8 Å². The van der Waals surface area contributed by atoms with Gasteiger partial charge >= 0.3 is 0 Å². The van der Waals surface area contributed by atoms with Crippen LogP contribution < -0.4 is 0 Å². The van der Waals surface area contributed by atoms with Crippen LogP contribution in [0.25, 0.3) is 17.0 Å². The number of fused-ring (bicyclic) bond motifs is 1. The largest absolute Gasteiger partial charge is 0.340 e. The molecule has 0 bridgehead atoms. The lowest BCUT2D eigenvalue weighted by Gasteiger charge is -2.30. The van der Waals surface area contributed by atoms with Crippen LogP contribution in [0, 0.1) is 18.6 Å². The second-order valence-electron chi connectivity index (χ2n) is 10.2. The predicted octanol–water partition coefficient (Wildman–Crippen LogP) is 8.21. The summed E-state index contributed by atoms with van der Waals surface area (Å²) in [5.41, 5.74) is 4.06. The van der Waals surface area contributed by atoms with E-state index in [1.54, 1.807) is 35.2 Å². The number of benzene rings is 3. The number of rotatable bonds is 5. The Hall–Kier alpha value is -3.71. The lowest BCUT2D eigenvalue weighted by Crippen LogP contribution is -2.40. The average Bonchev–Trinajstić information content (AvgIpc) is 3.39. The van der Waals surface area contributed by atoms with Crippen molar-refractivity contribution in [1.29, 1.82) is 0 Å². The lowest BCUT2D eigenvalue weighted by molar-refractivity contribution is -0.124. The van der Waals surface area contributed by atoms with E-state index in [0.29, 0.717) is 16.6 Å². The summed E-state index contributed by atoms with van der Waals surface area (Å²) in [5, 5.41) is 1.56. The highest BCUT2D eigenvalue weighted by atomic mass is 32.2. The first kappa shape index (κ1) is 25.6. The Balaban J connectivity index is 1.43. The van der Waals surface area contributed by atoms with Gasteiger partial charge in [0.25, 0.3) is 5.91 Å². The number of nitrogens with zero attached hydrogens (tertiary/aromatic N) is 3. The van der Waals surface area contributed by atoms with E-state index in [-0.39, 0.29) is 23.5 Å². The van der Waals surface area contributed by atoms with Crippen LogP contribution in [-0.2, 0) is 11.3 Å². The molecule has 0 atom stereocenters. The molecule has 39 heavy (non-hydrogen) atoms. The minimum Gasteiger partial charge on any atom is -0.340 e. The van der Waals surface area contributed by atoms with Crippen LogP contribution in [0.15, 0.2) is 82.7 Å². The van der Waals surface area contributed by atoms with E-state index in [2.05, 4.69) is 9.56 Å². The molecule has 0 radical (unpaired) electrons. The Labute approximate surface area is 231 Å². The van der Waals surface area contributed by atoms with Crippen molar-refractivity contribution in [2.75, 3.05) is 0 Å². The standard InChI is InChI=1S/C32H29F2N3OS/c1-21-26(25-14-5-8-17-29(25)36(21)20-22-10-9-11-23(33)18-22)19-30-31(38)37(24-12-3-2-4-13-24)32(39-30)35-28-16-7-6-15-27(28)34/h5-11,14-19,24H,2-4,12-13,20H2,1H3/b30-19-,35-32?. The SMILES string of the molecule is Cc1c(/C=C2\SC(=Nc3ccccc3F)N(C3CCCCC3)C2=O)c2ccccc2n1Cc1cccc(F)c1. The highest BCUT2D eigenvalue weighted by molar-refractivity contribution is 8.18. The number of amides is 1. The number of halogens is 2. The van der Waals surface area contributed by atoms with Crippen LogP contribution >= 0.6 is 11.8 Å². The van der Waals surface area contributed by atoms with Gasteiger partial charge < -0.3 is 4.57 Å². The number of thioether (sulfide) groups is 1. The fraction of sp³-hybridized carbons (Fsp3) is 0.250. The molecule has 2 aliphatic rings. The number of carbonyl (C=O) groups excluding carboxylic acids is 1. The summed E-state index contributed by atoms with van der Waals surface area (Å²) in [5.74, 6) is -0.750. The zero-order valence-corrected chi connectivity index (χ0v) is 22.6. The molecule has 0 N–H and O–H groups in total. The molecule has 198 valence electrons. The van der Waals surface area contributed by atoms with E-state index in [1.807, 2.05) is 43.3 Å². The third kappa shape index (κ3) is 5.03. The normalized spacial score (nSPS) is 18.6. The lowest BCUT2D eigenvalue weighted by atomic mass is 9.94. The smallest absolute Gasteiger partial charge is 0.267 e. The molecule has 2 heterocycles. The first-order valence-corrected chi connectivity index (χ1v) is 14.2. The van der Waals surface area contributed by atoms with Crippen LogP contribution in [0.3, 0.4) is 0 Å². The summed E-state index contributed by atoms with van der Waals surface area (Å²) in [6.07, 6.45) is 7.09. The molecule has 4 nitrogen and oxygen atoms in total. The van der Waals surface area contributed by atoms with Gasteiger partial charge in [0, 0.05) is 34.7 Å². The summed E-state index contributed by atoms with van der Waals surface area (Å²) >= 11 is 1.31. The quantitative estimate of drug-likeness (QED) is 0.239. The molecule has 1 aliphatic carbocycles. The minimum absolute atomic E-state index is 0.0607. The number of carbonyl (C=O) groups is 1. The van der Waals surface area contributed by atoms with Gasteiger partial charge in [-0.05, 0) is 73.5 Å². The zero-order valence-electron chi connectivity index (χ0n) is 21.7. The number of hydrogen-bond donors (Lipinski definition) is 0. The molecule has 0 spiro atoms. The molecular weight excluding hydrogens is 512 g/mol.